The zero-order chi connectivity index (χ0) is 15.4. The molecule has 0 bridgehead atoms. The van der Waals surface area contributed by atoms with Crippen LogP contribution in [-0.4, -0.2) is 20.9 Å². The monoisotopic (exact) mass is 308 g/mol. The van der Waals surface area contributed by atoms with Crippen LogP contribution in [0.2, 0.25) is 0 Å². The van der Waals surface area contributed by atoms with E-state index in [0.717, 1.165) is 4.88 Å². The zero-order valence-electron chi connectivity index (χ0n) is 11.7. The predicted octanol–water partition coefficient (Wildman–Crippen LogP) is 2.15. The summed E-state index contributed by atoms with van der Waals surface area (Å²) in [5, 5.41) is 13.3. The summed E-state index contributed by atoms with van der Waals surface area (Å²) in [7, 11) is 0. The Morgan fingerprint density at radius 3 is 2.81 bits per heavy atom. The number of nitro groups is 1. The van der Waals surface area contributed by atoms with Crippen LogP contribution >= 0.6 is 11.3 Å². The van der Waals surface area contributed by atoms with Gasteiger partial charge in [-0.05, 0) is 25.3 Å². The van der Waals surface area contributed by atoms with Gasteiger partial charge < -0.3 is 10.3 Å². The third kappa shape index (κ3) is 3.26. The molecule has 9 heteroatoms. The van der Waals surface area contributed by atoms with Crippen LogP contribution in [0.4, 0.5) is 17.3 Å². The molecular weight excluding hydrogens is 292 g/mol. The van der Waals surface area contributed by atoms with Crippen molar-refractivity contribution in [1.29, 1.82) is 0 Å². The van der Waals surface area contributed by atoms with Gasteiger partial charge in [0, 0.05) is 10.9 Å². The SMILES string of the molecule is CC(C)N(Cc1cccs1)c1ncnc(NN)c1[N+](=O)[O-]. The van der Waals surface area contributed by atoms with Crippen LogP contribution in [0.5, 0.6) is 0 Å². The van der Waals surface area contributed by atoms with Gasteiger partial charge in [-0.25, -0.2) is 15.8 Å². The summed E-state index contributed by atoms with van der Waals surface area (Å²) in [5.74, 6) is 5.57. The fourth-order valence-electron chi connectivity index (χ4n) is 1.93. The molecule has 3 N–H and O–H groups in total. The molecule has 0 aliphatic carbocycles. The van der Waals surface area contributed by atoms with Crippen LogP contribution in [-0.2, 0) is 6.54 Å². The summed E-state index contributed by atoms with van der Waals surface area (Å²) in [6.45, 7) is 4.45. The number of thiophene rings is 1. The summed E-state index contributed by atoms with van der Waals surface area (Å²) in [6, 6.07) is 3.96. The molecular formula is C12H16N6O2S. The highest BCUT2D eigenvalue weighted by molar-refractivity contribution is 7.09. The number of anilines is 2. The second-order valence-electron chi connectivity index (χ2n) is 4.60. The van der Waals surface area contributed by atoms with Crippen LogP contribution < -0.4 is 16.2 Å². The van der Waals surface area contributed by atoms with Crippen molar-refractivity contribution >= 4 is 28.7 Å². The molecule has 0 amide bonds. The first kappa shape index (κ1) is 15.1. The number of aromatic nitrogens is 2. The summed E-state index contributed by atoms with van der Waals surface area (Å²) < 4.78 is 0. The molecule has 2 heterocycles. The number of rotatable bonds is 6. The standard InChI is InChI=1S/C12H16N6O2S/c1-8(2)17(6-9-4-3-5-21-9)12-10(18(19)20)11(16-13)14-7-15-12/h3-5,7-8H,6,13H2,1-2H3,(H,14,15,16). The fourth-order valence-corrected chi connectivity index (χ4v) is 2.63. The normalized spacial score (nSPS) is 10.7. The molecule has 2 aromatic heterocycles. The molecule has 112 valence electrons. The average Bonchev–Trinajstić information content (AvgIpc) is 2.96. The number of nitrogens with one attached hydrogen (secondary N) is 1. The highest BCUT2D eigenvalue weighted by atomic mass is 32.1. The van der Waals surface area contributed by atoms with Crippen molar-refractivity contribution in [2.75, 3.05) is 10.3 Å². The Morgan fingerprint density at radius 1 is 1.52 bits per heavy atom. The number of nitrogens with zero attached hydrogens (tertiary/aromatic N) is 4. The van der Waals surface area contributed by atoms with Crippen LogP contribution in [0, 0.1) is 10.1 Å². The lowest BCUT2D eigenvalue weighted by molar-refractivity contribution is -0.383. The number of nitrogens with two attached hydrogens (primary N) is 1. The molecule has 0 aliphatic rings. The molecule has 21 heavy (non-hydrogen) atoms. The van der Waals surface area contributed by atoms with Crippen LogP contribution in [0.1, 0.15) is 18.7 Å². The Balaban J connectivity index is 2.47. The molecule has 0 aromatic carbocycles. The Hall–Kier alpha value is -2.26. The van der Waals surface area contributed by atoms with Crippen molar-refractivity contribution in [2.45, 2.75) is 26.4 Å². The number of nitrogen functional groups attached to an aromatic ring is 1. The minimum atomic E-state index is -0.520. The Morgan fingerprint density at radius 2 is 2.29 bits per heavy atom. The molecule has 0 atom stereocenters. The zero-order valence-corrected chi connectivity index (χ0v) is 12.5. The maximum Gasteiger partial charge on any atom is 0.354 e. The van der Waals surface area contributed by atoms with Crippen LogP contribution in [0.25, 0.3) is 0 Å². The van der Waals surface area contributed by atoms with E-state index in [1.165, 1.54) is 6.33 Å². The van der Waals surface area contributed by atoms with E-state index < -0.39 is 4.92 Å². The smallest absolute Gasteiger partial charge is 0.343 e. The minimum absolute atomic E-state index is 0.00169. The number of hydrogen-bond acceptors (Lipinski definition) is 8. The van der Waals surface area contributed by atoms with E-state index >= 15 is 0 Å². The maximum absolute atomic E-state index is 11.3. The molecule has 8 nitrogen and oxygen atoms in total. The molecule has 0 saturated carbocycles. The lowest BCUT2D eigenvalue weighted by Gasteiger charge is -2.27. The average molecular weight is 308 g/mol. The van der Waals surface area contributed by atoms with E-state index in [9.17, 15) is 10.1 Å². The van der Waals surface area contributed by atoms with Gasteiger partial charge in [0.1, 0.15) is 6.33 Å². The third-order valence-corrected chi connectivity index (χ3v) is 3.79. The minimum Gasteiger partial charge on any atom is -0.343 e. The van der Waals surface area contributed by atoms with Crippen LogP contribution in [0.3, 0.4) is 0 Å². The van der Waals surface area contributed by atoms with Crippen LogP contribution in [0.15, 0.2) is 23.8 Å². The largest absolute Gasteiger partial charge is 0.354 e. The first-order valence-electron chi connectivity index (χ1n) is 6.29. The molecule has 0 radical (unpaired) electrons. The highest BCUT2D eigenvalue weighted by Gasteiger charge is 2.28. The van der Waals surface area contributed by atoms with E-state index in [2.05, 4.69) is 15.4 Å². The van der Waals surface area contributed by atoms with Gasteiger partial charge in [0.25, 0.3) is 0 Å². The second-order valence-corrected chi connectivity index (χ2v) is 5.63. The van der Waals surface area contributed by atoms with Gasteiger partial charge in [0.15, 0.2) is 0 Å². The van der Waals surface area contributed by atoms with Crippen molar-refractivity contribution in [3.63, 3.8) is 0 Å². The van der Waals surface area contributed by atoms with Crippen molar-refractivity contribution in [1.82, 2.24) is 9.97 Å². The first-order valence-corrected chi connectivity index (χ1v) is 7.17. The van der Waals surface area contributed by atoms with Gasteiger partial charge in [0.2, 0.25) is 11.6 Å². The fraction of sp³-hybridized carbons (Fsp3) is 0.333. The molecule has 0 spiro atoms. The molecule has 2 aromatic rings. The lowest BCUT2D eigenvalue weighted by atomic mass is 10.2. The van der Waals surface area contributed by atoms with Crippen molar-refractivity contribution < 1.29 is 4.92 Å². The summed E-state index contributed by atoms with van der Waals surface area (Å²) >= 11 is 1.59. The topological polar surface area (TPSA) is 110 Å². The molecule has 0 unspecified atom stereocenters. The summed E-state index contributed by atoms with van der Waals surface area (Å²) in [6.07, 6.45) is 1.27. The van der Waals surface area contributed by atoms with Gasteiger partial charge in [0.05, 0.1) is 11.5 Å². The maximum atomic E-state index is 11.3. The quantitative estimate of drug-likeness (QED) is 0.478. The van der Waals surface area contributed by atoms with Gasteiger partial charge in [-0.3, -0.25) is 10.1 Å². The van der Waals surface area contributed by atoms with Crippen molar-refractivity contribution in [2.24, 2.45) is 5.84 Å². The predicted molar refractivity (Wildman–Crippen MR) is 82.1 cm³/mol. The summed E-state index contributed by atoms with van der Waals surface area (Å²) in [5.41, 5.74) is 2.04. The highest BCUT2D eigenvalue weighted by Crippen LogP contribution is 2.33. The van der Waals surface area contributed by atoms with Gasteiger partial charge in [-0.15, -0.1) is 11.3 Å². The second kappa shape index (κ2) is 6.46. The molecule has 0 fully saturated rings. The number of hydrogen-bond donors (Lipinski definition) is 2. The Labute approximate surface area is 125 Å². The van der Waals surface area contributed by atoms with Crippen molar-refractivity contribution in [3.8, 4) is 0 Å². The van der Waals surface area contributed by atoms with Gasteiger partial charge >= 0.3 is 5.69 Å². The molecule has 0 aliphatic heterocycles. The van der Waals surface area contributed by atoms with Gasteiger partial charge in [-0.2, -0.15) is 0 Å². The Kier molecular flexibility index (Phi) is 4.66. The van der Waals surface area contributed by atoms with E-state index in [1.54, 1.807) is 11.3 Å². The molecule has 2 rings (SSSR count). The van der Waals surface area contributed by atoms with E-state index in [1.807, 2.05) is 36.3 Å². The molecule has 0 saturated heterocycles. The van der Waals surface area contributed by atoms with E-state index in [4.69, 9.17) is 5.84 Å². The summed E-state index contributed by atoms with van der Waals surface area (Å²) in [4.78, 5) is 21.7. The Bertz CT molecular complexity index is 616. The first-order chi connectivity index (χ1) is 10.0. The third-order valence-electron chi connectivity index (χ3n) is 2.92. The van der Waals surface area contributed by atoms with E-state index in [-0.39, 0.29) is 23.4 Å². The van der Waals surface area contributed by atoms with Crippen molar-refractivity contribution in [3.05, 3.63) is 38.8 Å². The van der Waals surface area contributed by atoms with E-state index in [0.29, 0.717) is 6.54 Å². The lowest BCUT2D eigenvalue weighted by Crippen LogP contribution is -2.31. The number of hydrazine groups is 1. The van der Waals surface area contributed by atoms with Gasteiger partial charge in [-0.1, -0.05) is 6.07 Å².